The zero-order valence-corrected chi connectivity index (χ0v) is 12.0. The van der Waals surface area contributed by atoms with Crippen molar-refractivity contribution in [2.24, 2.45) is 0 Å². The predicted molar refractivity (Wildman–Crippen MR) is 81.3 cm³/mol. The zero-order chi connectivity index (χ0) is 14.5. The Kier molecular flexibility index (Phi) is 4.68. The number of nitrogen functional groups attached to an aromatic ring is 1. The number of hydrogen-bond acceptors (Lipinski definition) is 5. The van der Waals surface area contributed by atoms with Crippen LogP contribution in [0.25, 0.3) is 0 Å². The number of likely N-dealkylation sites (N-methyl/N-ethyl adjacent to an activating group) is 1. The third-order valence-electron chi connectivity index (χ3n) is 3.42. The molecule has 4 N–H and O–H groups in total. The standard InChI is InChI=1S/C14H22N4O2/c1-3-18(4-2)6-5-16-11-8-12-13(7-10(11)15)20-9-14(19)17-12/h7-8,16H,3-6,9,15H2,1-2H3,(H,17,19). The molecule has 2 rings (SSSR count). The molecule has 1 aliphatic rings. The summed E-state index contributed by atoms with van der Waals surface area (Å²) in [5.41, 5.74) is 8.11. The van der Waals surface area contributed by atoms with E-state index >= 15 is 0 Å². The first-order valence-corrected chi connectivity index (χ1v) is 6.96. The topological polar surface area (TPSA) is 79.6 Å². The molecule has 0 fully saturated rings. The minimum atomic E-state index is -0.142. The normalized spacial score (nSPS) is 13.7. The Hall–Kier alpha value is -1.95. The number of benzene rings is 1. The zero-order valence-electron chi connectivity index (χ0n) is 12.0. The van der Waals surface area contributed by atoms with Gasteiger partial charge in [0.05, 0.1) is 17.1 Å². The average molecular weight is 278 g/mol. The van der Waals surface area contributed by atoms with Crippen LogP contribution in [0.2, 0.25) is 0 Å². The number of rotatable bonds is 6. The highest BCUT2D eigenvalue weighted by molar-refractivity contribution is 5.97. The summed E-state index contributed by atoms with van der Waals surface area (Å²) in [4.78, 5) is 13.6. The minimum Gasteiger partial charge on any atom is -0.482 e. The smallest absolute Gasteiger partial charge is 0.262 e. The van der Waals surface area contributed by atoms with E-state index in [1.54, 1.807) is 6.07 Å². The number of carbonyl (C=O) groups excluding carboxylic acids is 1. The number of carbonyl (C=O) groups is 1. The van der Waals surface area contributed by atoms with Crippen LogP contribution in [0.5, 0.6) is 5.75 Å². The molecule has 1 aliphatic heterocycles. The molecule has 1 heterocycles. The van der Waals surface area contributed by atoms with Crippen molar-refractivity contribution in [3.05, 3.63) is 12.1 Å². The highest BCUT2D eigenvalue weighted by Gasteiger charge is 2.17. The summed E-state index contributed by atoms with van der Waals surface area (Å²) in [6, 6.07) is 3.57. The second kappa shape index (κ2) is 6.47. The lowest BCUT2D eigenvalue weighted by molar-refractivity contribution is -0.118. The van der Waals surface area contributed by atoms with E-state index in [1.807, 2.05) is 6.07 Å². The second-order valence-electron chi connectivity index (χ2n) is 4.73. The van der Waals surface area contributed by atoms with Crippen molar-refractivity contribution in [1.29, 1.82) is 0 Å². The average Bonchev–Trinajstić information content (AvgIpc) is 2.44. The Balaban J connectivity index is 2.01. The molecule has 0 bridgehead atoms. The Morgan fingerprint density at radius 1 is 1.40 bits per heavy atom. The van der Waals surface area contributed by atoms with Gasteiger partial charge in [0.1, 0.15) is 5.75 Å². The van der Waals surface area contributed by atoms with Crippen molar-refractivity contribution in [3.8, 4) is 5.75 Å². The van der Waals surface area contributed by atoms with E-state index in [0.29, 0.717) is 17.1 Å². The van der Waals surface area contributed by atoms with E-state index in [9.17, 15) is 4.79 Å². The van der Waals surface area contributed by atoms with Crippen LogP contribution in [-0.2, 0) is 4.79 Å². The van der Waals surface area contributed by atoms with Crippen LogP contribution < -0.4 is 21.1 Å². The number of hydrogen-bond donors (Lipinski definition) is 3. The molecule has 110 valence electrons. The summed E-state index contributed by atoms with van der Waals surface area (Å²) in [7, 11) is 0. The van der Waals surface area contributed by atoms with Gasteiger partial charge >= 0.3 is 0 Å². The SMILES string of the molecule is CCN(CC)CCNc1cc2c(cc1N)OCC(=O)N2. The Morgan fingerprint density at radius 3 is 2.85 bits per heavy atom. The van der Waals surface area contributed by atoms with Gasteiger partial charge in [0.25, 0.3) is 5.91 Å². The highest BCUT2D eigenvalue weighted by atomic mass is 16.5. The number of nitrogens with one attached hydrogen (secondary N) is 2. The Bertz CT molecular complexity index is 486. The first-order valence-electron chi connectivity index (χ1n) is 6.96. The number of nitrogens with two attached hydrogens (primary N) is 1. The summed E-state index contributed by atoms with van der Waals surface area (Å²) in [6.07, 6.45) is 0. The van der Waals surface area contributed by atoms with Crippen LogP contribution >= 0.6 is 0 Å². The quantitative estimate of drug-likeness (QED) is 0.685. The molecule has 0 atom stereocenters. The van der Waals surface area contributed by atoms with E-state index in [4.69, 9.17) is 10.5 Å². The number of ether oxygens (including phenoxy) is 1. The van der Waals surface area contributed by atoms with Gasteiger partial charge in [0, 0.05) is 19.2 Å². The van der Waals surface area contributed by atoms with Gasteiger partial charge in [-0.3, -0.25) is 4.79 Å². The maximum Gasteiger partial charge on any atom is 0.262 e. The molecule has 0 saturated heterocycles. The van der Waals surface area contributed by atoms with Crippen LogP contribution in [0, 0.1) is 0 Å². The van der Waals surface area contributed by atoms with Crippen molar-refractivity contribution in [1.82, 2.24) is 4.90 Å². The van der Waals surface area contributed by atoms with E-state index in [0.717, 1.165) is 31.9 Å². The fourth-order valence-corrected chi connectivity index (χ4v) is 2.18. The largest absolute Gasteiger partial charge is 0.482 e. The maximum absolute atomic E-state index is 11.3. The first kappa shape index (κ1) is 14.5. The first-order chi connectivity index (χ1) is 9.63. The van der Waals surface area contributed by atoms with Gasteiger partial charge in [0.15, 0.2) is 6.61 Å². The molecular weight excluding hydrogens is 256 g/mol. The maximum atomic E-state index is 11.3. The molecule has 6 heteroatoms. The van der Waals surface area contributed by atoms with Crippen molar-refractivity contribution in [3.63, 3.8) is 0 Å². The highest BCUT2D eigenvalue weighted by Crippen LogP contribution is 2.34. The van der Waals surface area contributed by atoms with Crippen molar-refractivity contribution in [2.75, 3.05) is 49.2 Å². The van der Waals surface area contributed by atoms with Crippen LogP contribution in [0.3, 0.4) is 0 Å². The van der Waals surface area contributed by atoms with Gasteiger partial charge < -0.3 is 26.0 Å². The summed E-state index contributed by atoms with van der Waals surface area (Å²) in [5.74, 6) is 0.479. The molecule has 20 heavy (non-hydrogen) atoms. The number of fused-ring (bicyclic) bond motifs is 1. The summed E-state index contributed by atoms with van der Waals surface area (Å²) >= 11 is 0. The van der Waals surface area contributed by atoms with Gasteiger partial charge in [0.2, 0.25) is 0 Å². The molecule has 1 aromatic rings. The summed E-state index contributed by atoms with van der Waals surface area (Å²) in [6.45, 7) is 8.14. The fourth-order valence-electron chi connectivity index (χ4n) is 2.18. The summed E-state index contributed by atoms with van der Waals surface area (Å²) in [5, 5.41) is 6.08. The van der Waals surface area contributed by atoms with Gasteiger partial charge in [-0.25, -0.2) is 0 Å². The molecule has 0 spiro atoms. The second-order valence-corrected chi connectivity index (χ2v) is 4.73. The van der Waals surface area contributed by atoms with E-state index in [-0.39, 0.29) is 12.5 Å². The Labute approximate surface area is 119 Å². The molecule has 0 unspecified atom stereocenters. The van der Waals surface area contributed by atoms with E-state index < -0.39 is 0 Å². The number of amides is 1. The molecule has 6 nitrogen and oxygen atoms in total. The number of nitrogens with zero attached hydrogens (tertiary/aromatic N) is 1. The molecule has 1 aromatic carbocycles. The van der Waals surface area contributed by atoms with Crippen LogP contribution in [0.1, 0.15) is 13.8 Å². The molecule has 0 radical (unpaired) electrons. The predicted octanol–water partition coefficient (Wildman–Crippen LogP) is 1.35. The van der Waals surface area contributed by atoms with Crippen LogP contribution in [0.15, 0.2) is 12.1 Å². The lowest BCUT2D eigenvalue weighted by atomic mass is 10.2. The molecular formula is C14H22N4O2. The van der Waals surface area contributed by atoms with Crippen molar-refractivity contribution < 1.29 is 9.53 Å². The van der Waals surface area contributed by atoms with Gasteiger partial charge in [-0.15, -0.1) is 0 Å². The molecule has 0 aliphatic carbocycles. The minimum absolute atomic E-state index is 0.0428. The van der Waals surface area contributed by atoms with Gasteiger partial charge in [-0.1, -0.05) is 13.8 Å². The monoisotopic (exact) mass is 278 g/mol. The lowest BCUT2D eigenvalue weighted by Crippen LogP contribution is -2.29. The lowest BCUT2D eigenvalue weighted by Gasteiger charge is -2.22. The van der Waals surface area contributed by atoms with Gasteiger partial charge in [-0.05, 0) is 19.2 Å². The van der Waals surface area contributed by atoms with E-state index in [1.165, 1.54) is 0 Å². The van der Waals surface area contributed by atoms with Gasteiger partial charge in [-0.2, -0.15) is 0 Å². The van der Waals surface area contributed by atoms with E-state index in [2.05, 4.69) is 29.4 Å². The van der Waals surface area contributed by atoms with Crippen molar-refractivity contribution >= 4 is 23.0 Å². The van der Waals surface area contributed by atoms with Crippen LogP contribution in [0.4, 0.5) is 17.1 Å². The summed E-state index contributed by atoms with van der Waals surface area (Å²) < 4.78 is 5.32. The fraction of sp³-hybridized carbons (Fsp3) is 0.500. The molecule has 0 saturated carbocycles. The molecule has 1 amide bonds. The Morgan fingerprint density at radius 2 is 2.15 bits per heavy atom. The van der Waals surface area contributed by atoms with Crippen molar-refractivity contribution in [2.45, 2.75) is 13.8 Å². The number of anilines is 3. The van der Waals surface area contributed by atoms with Crippen LogP contribution in [-0.4, -0.2) is 43.6 Å². The third-order valence-corrected chi connectivity index (χ3v) is 3.42. The molecule has 0 aromatic heterocycles. The third kappa shape index (κ3) is 3.33.